The van der Waals surface area contributed by atoms with Gasteiger partial charge in [0.15, 0.2) is 0 Å². The van der Waals surface area contributed by atoms with Crippen LogP contribution in [0.4, 0.5) is 5.69 Å². The summed E-state index contributed by atoms with van der Waals surface area (Å²) in [4.78, 5) is 26.0. The number of carbonyl (C=O) groups is 2. The van der Waals surface area contributed by atoms with Crippen LogP contribution in [0.15, 0.2) is 23.1 Å². The Bertz CT molecular complexity index is 490. The molecule has 0 spiro atoms. The summed E-state index contributed by atoms with van der Waals surface area (Å²) in [5.41, 5.74) is 12.5. The molecule has 1 aromatic rings. The van der Waals surface area contributed by atoms with Gasteiger partial charge in [-0.3, -0.25) is 9.59 Å². The molecule has 0 aliphatic carbocycles. The Labute approximate surface area is 110 Å². The first-order valence-corrected chi connectivity index (χ1v) is 6.67. The minimum absolute atomic E-state index is 0.169. The first-order chi connectivity index (χ1) is 8.67. The third-order valence-corrected chi connectivity index (χ3v) is 3.76. The maximum Gasteiger partial charge on any atom is 0.244 e. The molecule has 2 rings (SSSR count). The minimum atomic E-state index is -0.252. The highest BCUT2D eigenvalue weighted by molar-refractivity contribution is 8.00. The molecule has 1 heterocycles. The lowest BCUT2D eigenvalue weighted by Gasteiger charge is -2.27. The molecule has 1 aromatic carbocycles. The number of benzene rings is 1. The lowest BCUT2D eigenvalue weighted by Crippen LogP contribution is -2.41. The maximum absolute atomic E-state index is 12.0. The molecular weight excluding hydrogens is 250 g/mol. The fourth-order valence-electron chi connectivity index (χ4n) is 1.83. The Morgan fingerprint density at radius 1 is 1.39 bits per heavy atom. The van der Waals surface area contributed by atoms with E-state index in [9.17, 15) is 9.59 Å². The normalized spacial score (nSPS) is 14.6. The second kappa shape index (κ2) is 5.51. The van der Waals surface area contributed by atoms with Crippen molar-refractivity contribution in [1.29, 1.82) is 0 Å². The van der Waals surface area contributed by atoms with Crippen molar-refractivity contribution < 1.29 is 9.59 Å². The molecule has 5 nitrogen and oxygen atoms in total. The van der Waals surface area contributed by atoms with Gasteiger partial charge in [0.05, 0.1) is 11.4 Å². The smallest absolute Gasteiger partial charge is 0.244 e. The van der Waals surface area contributed by atoms with Gasteiger partial charge in [0.1, 0.15) is 0 Å². The number of anilines is 1. The van der Waals surface area contributed by atoms with Crippen LogP contribution in [-0.2, 0) is 16.1 Å². The van der Waals surface area contributed by atoms with Crippen LogP contribution in [0.2, 0.25) is 0 Å². The molecule has 0 unspecified atom stereocenters. The van der Waals surface area contributed by atoms with Crippen molar-refractivity contribution in [3.63, 3.8) is 0 Å². The molecule has 0 saturated carbocycles. The highest BCUT2D eigenvalue weighted by Gasteiger charge is 2.29. The Kier molecular flexibility index (Phi) is 4.00. The number of carbonyl (C=O) groups excluding carboxylic acids is 2. The van der Waals surface area contributed by atoms with Crippen LogP contribution in [0.1, 0.15) is 12.0 Å². The van der Waals surface area contributed by atoms with E-state index in [0.717, 1.165) is 10.5 Å². The summed E-state index contributed by atoms with van der Waals surface area (Å²) in [5, 5.41) is 0. The third kappa shape index (κ3) is 2.40. The largest absolute Gasteiger partial charge is 0.330 e. The van der Waals surface area contributed by atoms with Crippen LogP contribution >= 0.6 is 11.8 Å². The maximum atomic E-state index is 12.0. The number of fused-ring (bicyclic) bond motifs is 1. The van der Waals surface area contributed by atoms with Crippen LogP contribution in [0.25, 0.3) is 0 Å². The second-order valence-corrected chi connectivity index (χ2v) is 4.97. The summed E-state index contributed by atoms with van der Waals surface area (Å²) in [6.07, 6.45) is 0.169. The van der Waals surface area contributed by atoms with E-state index in [4.69, 9.17) is 11.5 Å². The molecule has 0 atom stereocenters. The first kappa shape index (κ1) is 13.1. The zero-order valence-corrected chi connectivity index (χ0v) is 10.7. The Morgan fingerprint density at radius 3 is 2.83 bits per heavy atom. The van der Waals surface area contributed by atoms with Crippen LogP contribution in [0.5, 0.6) is 0 Å². The summed E-state index contributed by atoms with van der Waals surface area (Å²) in [6.45, 7) is 0.618. The van der Waals surface area contributed by atoms with Gasteiger partial charge in [-0.05, 0) is 17.7 Å². The van der Waals surface area contributed by atoms with E-state index in [0.29, 0.717) is 12.2 Å². The van der Waals surface area contributed by atoms with Crippen molar-refractivity contribution in [2.45, 2.75) is 17.9 Å². The standard InChI is InChI=1S/C12H15N3O2S/c13-4-3-11(16)15-9-5-8(6-14)1-2-10(9)18-7-12(15)17/h1-2,5H,3-4,6-7,13-14H2. The average molecular weight is 265 g/mol. The van der Waals surface area contributed by atoms with Gasteiger partial charge in [-0.2, -0.15) is 0 Å². The van der Waals surface area contributed by atoms with Crippen LogP contribution < -0.4 is 16.4 Å². The fraction of sp³-hybridized carbons (Fsp3) is 0.333. The van der Waals surface area contributed by atoms with Crippen molar-refractivity contribution in [3.05, 3.63) is 23.8 Å². The number of thioether (sulfide) groups is 1. The number of hydrogen-bond donors (Lipinski definition) is 2. The zero-order chi connectivity index (χ0) is 13.1. The van der Waals surface area contributed by atoms with E-state index >= 15 is 0 Å². The highest BCUT2D eigenvalue weighted by atomic mass is 32.2. The monoisotopic (exact) mass is 265 g/mol. The van der Waals surface area contributed by atoms with Gasteiger partial charge in [-0.1, -0.05) is 6.07 Å². The summed E-state index contributed by atoms with van der Waals surface area (Å²) in [6, 6.07) is 5.61. The number of imide groups is 1. The SMILES string of the molecule is NCCC(=O)N1C(=O)CSc2ccc(CN)cc21. The van der Waals surface area contributed by atoms with Crippen molar-refractivity contribution in [2.75, 3.05) is 17.2 Å². The number of nitrogens with zero attached hydrogens (tertiary/aromatic N) is 1. The van der Waals surface area contributed by atoms with E-state index in [1.807, 2.05) is 12.1 Å². The molecule has 0 aromatic heterocycles. The molecule has 6 heteroatoms. The van der Waals surface area contributed by atoms with Gasteiger partial charge in [-0.15, -0.1) is 11.8 Å². The summed E-state index contributed by atoms with van der Waals surface area (Å²) in [5.74, 6) is -0.163. The summed E-state index contributed by atoms with van der Waals surface area (Å²) >= 11 is 1.44. The Balaban J connectivity index is 2.42. The van der Waals surface area contributed by atoms with Crippen LogP contribution in [0.3, 0.4) is 0 Å². The molecule has 0 radical (unpaired) electrons. The Morgan fingerprint density at radius 2 is 2.17 bits per heavy atom. The van der Waals surface area contributed by atoms with E-state index in [1.165, 1.54) is 16.7 Å². The lowest BCUT2D eigenvalue weighted by molar-refractivity contribution is -0.125. The number of amides is 2. The van der Waals surface area contributed by atoms with Gasteiger partial charge >= 0.3 is 0 Å². The first-order valence-electron chi connectivity index (χ1n) is 5.69. The fourth-order valence-corrected chi connectivity index (χ4v) is 2.70. The number of hydrogen-bond acceptors (Lipinski definition) is 5. The van der Waals surface area contributed by atoms with Gasteiger partial charge in [-0.25, -0.2) is 4.90 Å². The molecular formula is C12H15N3O2S. The van der Waals surface area contributed by atoms with Crippen LogP contribution in [0, 0.1) is 0 Å². The summed E-state index contributed by atoms with van der Waals surface area (Å²) in [7, 11) is 0. The van der Waals surface area contributed by atoms with Crippen molar-refractivity contribution in [3.8, 4) is 0 Å². The van der Waals surface area contributed by atoms with Gasteiger partial charge in [0, 0.05) is 24.4 Å². The molecule has 1 aliphatic rings. The molecule has 2 amide bonds. The van der Waals surface area contributed by atoms with E-state index in [1.54, 1.807) is 6.07 Å². The molecule has 96 valence electrons. The molecule has 0 fully saturated rings. The topological polar surface area (TPSA) is 89.4 Å². The lowest BCUT2D eigenvalue weighted by atomic mass is 10.1. The summed E-state index contributed by atoms with van der Waals surface area (Å²) < 4.78 is 0. The van der Waals surface area contributed by atoms with Crippen molar-refractivity contribution in [1.82, 2.24) is 0 Å². The second-order valence-electron chi connectivity index (χ2n) is 3.96. The third-order valence-electron chi connectivity index (χ3n) is 2.71. The molecule has 0 saturated heterocycles. The Hall–Kier alpha value is -1.37. The van der Waals surface area contributed by atoms with Gasteiger partial charge < -0.3 is 11.5 Å². The molecule has 1 aliphatic heterocycles. The molecule has 18 heavy (non-hydrogen) atoms. The van der Waals surface area contributed by atoms with E-state index < -0.39 is 0 Å². The number of nitrogens with two attached hydrogens (primary N) is 2. The van der Waals surface area contributed by atoms with Crippen LogP contribution in [-0.4, -0.2) is 24.1 Å². The predicted molar refractivity (Wildman–Crippen MR) is 71.2 cm³/mol. The predicted octanol–water partition coefficient (Wildman–Crippen LogP) is 0.459. The minimum Gasteiger partial charge on any atom is -0.330 e. The van der Waals surface area contributed by atoms with Crippen molar-refractivity contribution >= 4 is 29.3 Å². The van der Waals surface area contributed by atoms with E-state index in [-0.39, 0.29) is 30.5 Å². The van der Waals surface area contributed by atoms with Gasteiger partial charge in [0.25, 0.3) is 0 Å². The molecule has 4 N–H and O–H groups in total. The molecule has 0 bridgehead atoms. The number of rotatable bonds is 3. The van der Waals surface area contributed by atoms with E-state index in [2.05, 4.69) is 0 Å². The highest BCUT2D eigenvalue weighted by Crippen LogP contribution is 2.36. The van der Waals surface area contributed by atoms with Crippen molar-refractivity contribution in [2.24, 2.45) is 11.5 Å². The zero-order valence-electron chi connectivity index (χ0n) is 9.89. The quantitative estimate of drug-likeness (QED) is 0.828. The van der Waals surface area contributed by atoms with Gasteiger partial charge in [0.2, 0.25) is 11.8 Å². The average Bonchev–Trinajstić information content (AvgIpc) is 2.38.